The fraction of sp³-hybridized carbons (Fsp3) is 0.526. The van der Waals surface area contributed by atoms with Crippen LogP contribution in [0.25, 0.3) is 0 Å². The van der Waals surface area contributed by atoms with Crippen LogP contribution in [-0.2, 0) is 25.5 Å². The van der Waals surface area contributed by atoms with E-state index in [1.807, 2.05) is 18.2 Å². The molecule has 0 aliphatic carbocycles. The van der Waals surface area contributed by atoms with Gasteiger partial charge in [-0.1, -0.05) is 12.1 Å². The number of carbonyl (C=O) groups excluding carboxylic acids is 3. The average Bonchev–Trinajstić information content (AvgIpc) is 2.60. The number of hydrogen-bond donors (Lipinski definition) is 1. The summed E-state index contributed by atoms with van der Waals surface area (Å²) in [4.78, 5) is 37.6. The molecule has 9 heteroatoms. The first-order valence-electron chi connectivity index (χ1n) is 8.61. The third-order valence-corrected chi connectivity index (χ3v) is 4.82. The van der Waals surface area contributed by atoms with Gasteiger partial charge in [0.25, 0.3) is 0 Å². The van der Waals surface area contributed by atoms with Crippen molar-refractivity contribution in [3.63, 3.8) is 0 Å². The number of amides is 2. The summed E-state index contributed by atoms with van der Waals surface area (Å²) in [5.41, 5.74) is 0.163. The molecule has 1 aromatic carbocycles. The zero-order valence-electron chi connectivity index (χ0n) is 17.0. The minimum absolute atomic E-state index is 0.226. The van der Waals surface area contributed by atoms with Gasteiger partial charge in [-0.15, -0.1) is 0 Å². The van der Waals surface area contributed by atoms with E-state index < -0.39 is 29.6 Å². The quantitative estimate of drug-likeness (QED) is 0.451. The molecule has 0 aliphatic heterocycles. The lowest BCUT2D eigenvalue weighted by Gasteiger charge is -2.25. The Labute approximate surface area is 179 Å². The lowest BCUT2D eigenvalue weighted by atomic mass is 10.1. The van der Waals surface area contributed by atoms with Gasteiger partial charge in [0, 0.05) is 13.5 Å². The molecule has 0 bridgehead atoms. The molecular weight excluding hydrogens is 479 g/mol. The van der Waals surface area contributed by atoms with Crippen molar-refractivity contribution in [2.45, 2.75) is 38.8 Å². The molecule has 0 saturated heterocycles. The summed E-state index contributed by atoms with van der Waals surface area (Å²) < 4.78 is 16.1. The SMILES string of the molecule is COC(=O)C(Cc1cccc(OC)c1I)NC(=O)CN(C)C(=O)OC(C)(C)C. The second kappa shape index (κ2) is 10.5. The highest BCUT2D eigenvalue weighted by Crippen LogP contribution is 2.25. The van der Waals surface area contributed by atoms with Gasteiger partial charge in [0.05, 0.1) is 17.8 Å². The molecule has 1 unspecified atom stereocenters. The highest BCUT2D eigenvalue weighted by Gasteiger charge is 2.26. The van der Waals surface area contributed by atoms with Crippen molar-refractivity contribution in [2.75, 3.05) is 27.8 Å². The summed E-state index contributed by atoms with van der Waals surface area (Å²) in [7, 11) is 4.27. The number of methoxy groups -OCH3 is 2. The van der Waals surface area contributed by atoms with Gasteiger partial charge in [-0.25, -0.2) is 9.59 Å². The molecule has 0 saturated carbocycles. The third-order valence-electron chi connectivity index (χ3n) is 3.59. The predicted molar refractivity (Wildman–Crippen MR) is 112 cm³/mol. The highest BCUT2D eigenvalue weighted by molar-refractivity contribution is 14.1. The zero-order chi connectivity index (χ0) is 21.5. The molecule has 28 heavy (non-hydrogen) atoms. The van der Waals surface area contributed by atoms with E-state index in [0.29, 0.717) is 5.75 Å². The Hall–Kier alpha value is -2.04. The average molecular weight is 506 g/mol. The normalized spacial score (nSPS) is 12.0. The van der Waals surface area contributed by atoms with E-state index >= 15 is 0 Å². The lowest BCUT2D eigenvalue weighted by Crippen LogP contribution is -2.48. The van der Waals surface area contributed by atoms with Crippen LogP contribution >= 0.6 is 22.6 Å². The van der Waals surface area contributed by atoms with E-state index in [1.165, 1.54) is 14.2 Å². The molecule has 0 heterocycles. The minimum atomic E-state index is -0.898. The van der Waals surface area contributed by atoms with Gasteiger partial charge >= 0.3 is 12.1 Å². The van der Waals surface area contributed by atoms with Crippen LogP contribution in [0.4, 0.5) is 4.79 Å². The van der Waals surface area contributed by atoms with Crippen molar-refractivity contribution in [1.29, 1.82) is 0 Å². The van der Waals surface area contributed by atoms with Crippen LogP contribution in [-0.4, -0.2) is 62.3 Å². The molecule has 0 radical (unpaired) electrons. The highest BCUT2D eigenvalue weighted by atomic mass is 127. The summed E-state index contributed by atoms with van der Waals surface area (Å²) >= 11 is 2.13. The van der Waals surface area contributed by atoms with E-state index in [0.717, 1.165) is 14.0 Å². The number of rotatable bonds is 7. The van der Waals surface area contributed by atoms with Crippen LogP contribution in [0.5, 0.6) is 5.75 Å². The summed E-state index contributed by atoms with van der Waals surface area (Å²) in [5.74, 6) is -0.397. The number of benzene rings is 1. The molecular formula is C19H27IN2O6. The molecule has 0 aromatic heterocycles. The van der Waals surface area contributed by atoms with Gasteiger partial charge in [-0.3, -0.25) is 4.79 Å². The molecule has 2 amide bonds. The van der Waals surface area contributed by atoms with E-state index in [-0.39, 0.29) is 13.0 Å². The first kappa shape index (κ1) is 24.0. The van der Waals surface area contributed by atoms with Crippen LogP contribution in [0, 0.1) is 3.57 Å². The predicted octanol–water partition coefficient (Wildman–Crippen LogP) is 2.37. The number of carbonyl (C=O) groups is 3. The zero-order valence-corrected chi connectivity index (χ0v) is 19.2. The largest absolute Gasteiger partial charge is 0.496 e. The smallest absolute Gasteiger partial charge is 0.410 e. The van der Waals surface area contributed by atoms with Gasteiger partial charge in [0.1, 0.15) is 23.9 Å². The number of hydrogen-bond acceptors (Lipinski definition) is 6. The summed E-state index contributed by atoms with van der Waals surface area (Å²) in [5, 5.41) is 2.62. The molecule has 1 N–H and O–H groups in total. The Kier molecular flexibility index (Phi) is 8.99. The first-order chi connectivity index (χ1) is 13.0. The monoisotopic (exact) mass is 506 g/mol. The van der Waals surface area contributed by atoms with Crippen LogP contribution in [0.15, 0.2) is 18.2 Å². The number of ether oxygens (including phenoxy) is 3. The Balaban J connectivity index is 2.83. The van der Waals surface area contributed by atoms with E-state index in [9.17, 15) is 14.4 Å². The van der Waals surface area contributed by atoms with E-state index in [4.69, 9.17) is 14.2 Å². The second-order valence-electron chi connectivity index (χ2n) is 7.12. The van der Waals surface area contributed by atoms with Crippen molar-refractivity contribution in [1.82, 2.24) is 10.2 Å². The van der Waals surface area contributed by atoms with Crippen LogP contribution < -0.4 is 10.1 Å². The Morgan fingerprint density at radius 2 is 1.86 bits per heavy atom. The Morgan fingerprint density at radius 3 is 2.39 bits per heavy atom. The fourth-order valence-electron chi connectivity index (χ4n) is 2.29. The molecule has 1 aromatic rings. The lowest BCUT2D eigenvalue weighted by molar-refractivity contribution is -0.145. The van der Waals surface area contributed by atoms with Crippen LogP contribution in [0.2, 0.25) is 0 Å². The van der Waals surface area contributed by atoms with Crippen molar-refractivity contribution in [2.24, 2.45) is 0 Å². The van der Waals surface area contributed by atoms with Gasteiger partial charge in [-0.05, 0) is 55.0 Å². The third kappa shape index (κ3) is 7.53. The standard InChI is InChI=1S/C19H27IN2O6/c1-19(2,3)28-18(25)22(4)11-15(23)21-13(17(24)27-6)10-12-8-7-9-14(26-5)16(12)20/h7-9,13H,10-11H2,1-6H3,(H,21,23). The topological polar surface area (TPSA) is 94.2 Å². The molecule has 1 atom stereocenters. The Morgan fingerprint density at radius 1 is 1.21 bits per heavy atom. The number of likely N-dealkylation sites (N-methyl/N-ethyl adjacent to an activating group) is 1. The van der Waals surface area contributed by atoms with Crippen molar-refractivity contribution < 1.29 is 28.6 Å². The van der Waals surface area contributed by atoms with Crippen molar-refractivity contribution >= 4 is 40.6 Å². The van der Waals surface area contributed by atoms with E-state index in [1.54, 1.807) is 27.9 Å². The number of nitrogens with one attached hydrogen (secondary N) is 1. The van der Waals surface area contributed by atoms with Gasteiger partial charge < -0.3 is 24.4 Å². The summed E-state index contributed by atoms with van der Waals surface area (Å²) in [6, 6.07) is 4.57. The molecule has 1 rings (SSSR count). The number of nitrogens with zero attached hydrogens (tertiary/aromatic N) is 1. The maximum absolute atomic E-state index is 12.4. The van der Waals surface area contributed by atoms with Crippen LogP contribution in [0.3, 0.4) is 0 Å². The maximum Gasteiger partial charge on any atom is 0.410 e. The molecule has 8 nitrogen and oxygen atoms in total. The van der Waals surface area contributed by atoms with Crippen molar-refractivity contribution in [3.8, 4) is 5.75 Å². The second-order valence-corrected chi connectivity index (χ2v) is 8.20. The summed E-state index contributed by atoms with van der Waals surface area (Å²) in [6.45, 7) is 4.96. The van der Waals surface area contributed by atoms with Gasteiger partial charge in [0.15, 0.2) is 0 Å². The van der Waals surface area contributed by atoms with Gasteiger partial charge in [0.2, 0.25) is 5.91 Å². The Bertz CT molecular complexity index is 717. The van der Waals surface area contributed by atoms with Gasteiger partial charge in [-0.2, -0.15) is 0 Å². The molecule has 0 spiro atoms. The number of halogens is 1. The first-order valence-corrected chi connectivity index (χ1v) is 9.69. The van der Waals surface area contributed by atoms with Crippen LogP contribution in [0.1, 0.15) is 26.3 Å². The summed E-state index contributed by atoms with van der Waals surface area (Å²) in [6.07, 6.45) is -0.399. The molecule has 0 aliphatic rings. The van der Waals surface area contributed by atoms with Crippen molar-refractivity contribution in [3.05, 3.63) is 27.3 Å². The van der Waals surface area contributed by atoms with E-state index in [2.05, 4.69) is 27.9 Å². The fourth-order valence-corrected chi connectivity index (χ4v) is 3.09. The maximum atomic E-state index is 12.4. The molecule has 0 fully saturated rings. The molecule has 156 valence electrons. The number of esters is 1. The minimum Gasteiger partial charge on any atom is -0.496 e.